The van der Waals surface area contributed by atoms with E-state index in [-0.39, 0.29) is 5.56 Å². The van der Waals surface area contributed by atoms with Gasteiger partial charge in [-0.05, 0) is 25.6 Å². The number of hydrogen-bond donors (Lipinski definition) is 0. The van der Waals surface area contributed by atoms with Crippen molar-refractivity contribution in [3.63, 3.8) is 0 Å². The Hall–Kier alpha value is -1.76. The smallest absolute Gasteiger partial charge is 0.275 e. The number of benzene rings is 1. The Morgan fingerprint density at radius 1 is 1.32 bits per heavy atom. The molecule has 0 unspecified atom stereocenters. The molecule has 0 N–H and O–H groups in total. The Morgan fingerprint density at radius 2 is 2.09 bits per heavy atom. The first-order valence-corrected chi connectivity index (χ1v) is 8.01. The highest BCUT2D eigenvalue weighted by Crippen LogP contribution is 2.18. The normalized spacial score (nSPS) is 11.5. The molecule has 0 saturated carbocycles. The highest BCUT2D eigenvalue weighted by molar-refractivity contribution is 7.16. The lowest BCUT2D eigenvalue weighted by Crippen LogP contribution is -2.18. The fourth-order valence-corrected chi connectivity index (χ4v) is 3.45. The van der Waals surface area contributed by atoms with Crippen molar-refractivity contribution in [2.24, 2.45) is 0 Å². The summed E-state index contributed by atoms with van der Waals surface area (Å²) in [5.41, 5.74) is 1.64. The number of nitrogens with zero attached hydrogens (tertiary/aromatic N) is 4. The maximum absolute atomic E-state index is 11.9. The summed E-state index contributed by atoms with van der Waals surface area (Å²) in [6, 6.07) is 9.27. The van der Waals surface area contributed by atoms with Crippen molar-refractivity contribution in [3.05, 3.63) is 62.0 Å². The molecule has 0 aliphatic heterocycles. The van der Waals surface area contributed by atoms with Gasteiger partial charge < -0.3 is 0 Å². The van der Waals surface area contributed by atoms with Crippen molar-refractivity contribution < 1.29 is 0 Å². The minimum absolute atomic E-state index is 0.140. The number of aromatic nitrogens is 3. The number of fused-ring (bicyclic) bond motifs is 1. The second-order valence-electron chi connectivity index (χ2n) is 5.19. The molecule has 3 aromatic rings. The summed E-state index contributed by atoms with van der Waals surface area (Å²) in [5, 5.41) is 5.95. The Kier molecular flexibility index (Phi) is 4.24. The maximum Gasteiger partial charge on any atom is 0.275 e. The van der Waals surface area contributed by atoms with E-state index in [0.717, 1.165) is 22.1 Å². The van der Waals surface area contributed by atoms with Crippen LogP contribution in [-0.4, -0.2) is 26.5 Å². The van der Waals surface area contributed by atoms with Crippen molar-refractivity contribution >= 4 is 27.9 Å². The van der Waals surface area contributed by atoms with Crippen molar-refractivity contribution in [2.75, 3.05) is 7.05 Å². The zero-order valence-electron chi connectivity index (χ0n) is 12.3. The van der Waals surface area contributed by atoms with Gasteiger partial charge in [-0.15, -0.1) is 0 Å². The fourth-order valence-electron chi connectivity index (χ4n) is 2.23. The van der Waals surface area contributed by atoms with Crippen LogP contribution in [0.1, 0.15) is 16.3 Å². The summed E-state index contributed by atoms with van der Waals surface area (Å²) >= 11 is 7.61. The summed E-state index contributed by atoms with van der Waals surface area (Å²) in [6.45, 7) is 3.17. The molecule has 0 amide bonds. The molecule has 0 spiro atoms. The monoisotopic (exact) mass is 334 g/mol. The van der Waals surface area contributed by atoms with E-state index >= 15 is 0 Å². The van der Waals surface area contributed by atoms with Gasteiger partial charge in [0.25, 0.3) is 5.56 Å². The lowest BCUT2D eigenvalue weighted by Gasteiger charge is -2.15. The van der Waals surface area contributed by atoms with E-state index in [1.165, 1.54) is 21.9 Å². The molecule has 0 aliphatic carbocycles. The van der Waals surface area contributed by atoms with Crippen LogP contribution < -0.4 is 5.56 Å². The van der Waals surface area contributed by atoms with Crippen LogP contribution in [-0.2, 0) is 13.1 Å². The number of aryl methyl sites for hydroxylation is 1. The van der Waals surface area contributed by atoms with Gasteiger partial charge in [0.05, 0.1) is 6.54 Å². The second kappa shape index (κ2) is 6.16. The standard InChI is InChI=1S/C15H15ClN4OS/c1-10-7-14(21)20-15(17-10)22-13(18-20)9-19(2)8-11-5-3-4-6-12(11)16/h3-7H,8-9H2,1-2H3. The zero-order chi connectivity index (χ0) is 15.7. The number of hydrogen-bond acceptors (Lipinski definition) is 5. The third-order valence-corrected chi connectivity index (χ3v) is 4.48. The molecule has 2 heterocycles. The molecule has 3 rings (SSSR count). The van der Waals surface area contributed by atoms with E-state index in [0.29, 0.717) is 17.2 Å². The van der Waals surface area contributed by atoms with Gasteiger partial charge in [-0.2, -0.15) is 9.61 Å². The maximum atomic E-state index is 11.9. The second-order valence-corrected chi connectivity index (χ2v) is 6.64. The largest absolute Gasteiger partial charge is 0.295 e. The fraction of sp³-hybridized carbons (Fsp3) is 0.267. The van der Waals surface area contributed by atoms with Crippen LogP contribution in [0.4, 0.5) is 0 Å². The first-order valence-electron chi connectivity index (χ1n) is 6.81. The molecule has 0 radical (unpaired) electrons. The van der Waals surface area contributed by atoms with Crippen molar-refractivity contribution in [1.82, 2.24) is 19.5 Å². The SMILES string of the molecule is Cc1cc(=O)n2nc(CN(C)Cc3ccccc3Cl)sc2n1. The van der Waals surface area contributed by atoms with Gasteiger partial charge in [0.1, 0.15) is 5.01 Å². The Morgan fingerprint density at radius 3 is 2.86 bits per heavy atom. The van der Waals surface area contributed by atoms with E-state index in [4.69, 9.17) is 11.6 Å². The van der Waals surface area contributed by atoms with Gasteiger partial charge in [0.2, 0.25) is 4.96 Å². The molecule has 114 valence electrons. The number of rotatable bonds is 4. The zero-order valence-corrected chi connectivity index (χ0v) is 13.9. The van der Waals surface area contributed by atoms with E-state index in [2.05, 4.69) is 15.0 Å². The first-order chi connectivity index (χ1) is 10.5. The predicted octanol–water partition coefficient (Wildman–Crippen LogP) is 2.74. The van der Waals surface area contributed by atoms with Gasteiger partial charge >= 0.3 is 0 Å². The Bertz CT molecular complexity index is 873. The average Bonchev–Trinajstić information content (AvgIpc) is 2.84. The number of halogens is 1. The van der Waals surface area contributed by atoms with Crippen LogP contribution in [0.25, 0.3) is 4.96 Å². The molecule has 0 bridgehead atoms. The third kappa shape index (κ3) is 3.19. The molecule has 7 heteroatoms. The third-order valence-electron chi connectivity index (χ3n) is 3.22. The summed E-state index contributed by atoms with van der Waals surface area (Å²) in [5.74, 6) is 0. The molecule has 2 aromatic heterocycles. The van der Waals surface area contributed by atoms with Crippen LogP contribution in [0.15, 0.2) is 35.1 Å². The van der Waals surface area contributed by atoms with Crippen molar-refractivity contribution in [1.29, 1.82) is 0 Å². The molecule has 5 nitrogen and oxygen atoms in total. The van der Waals surface area contributed by atoms with Gasteiger partial charge in [-0.25, -0.2) is 4.98 Å². The Balaban J connectivity index is 1.80. The van der Waals surface area contributed by atoms with E-state index in [1.807, 2.05) is 38.2 Å². The lowest BCUT2D eigenvalue weighted by atomic mass is 10.2. The molecule has 0 fully saturated rings. The molecule has 22 heavy (non-hydrogen) atoms. The lowest BCUT2D eigenvalue weighted by molar-refractivity contribution is 0.317. The van der Waals surface area contributed by atoms with E-state index in [9.17, 15) is 4.79 Å². The van der Waals surface area contributed by atoms with E-state index < -0.39 is 0 Å². The minimum Gasteiger partial charge on any atom is -0.295 e. The van der Waals surface area contributed by atoms with Gasteiger partial charge in [0.15, 0.2) is 0 Å². The summed E-state index contributed by atoms with van der Waals surface area (Å²) in [6.07, 6.45) is 0. The minimum atomic E-state index is -0.140. The summed E-state index contributed by atoms with van der Waals surface area (Å²) < 4.78 is 1.36. The Labute approximate surface area is 136 Å². The summed E-state index contributed by atoms with van der Waals surface area (Å²) in [7, 11) is 2.00. The average molecular weight is 335 g/mol. The van der Waals surface area contributed by atoms with Crippen LogP contribution in [0.2, 0.25) is 5.02 Å². The van der Waals surface area contributed by atoms with Crippen LogP contribution in [0.3, 0.4) is 0 Å². The predicted molar refractivity (Wildman–Crippen MR) is 88.5 cm³/mol. The molecular formula is C15H15ClN4OS. The first kappa shape index (κ1) is 15.1. The summed E-state index contributed by atoms with van der Waals surface area (Å²) in [4.78, 5) is 19.0. The van der Waals surface area contributed by atoms with E-state index in [1.54, 1.807) is 0 Å². The molecule has 0 aliphatic rings. The van der Waals surface area contributed by atoms with Crippen LogP contribution in [0.5, 0.6) is 0 Å². The quantitative estimate of drug-likeness (QED) is 0.736. The molecular weight excluding hydrogens is 320 g/mol. The highest BCUT2D eigenvalue weighted by Gasteiger charge is 2.11. The molecule has 1 aromatic carbocycles. The van der Waals surface area contributed by atoms with Crippen molar-refractivity contribution in [2.45, 2.75) is 20.0 Å². The van der Waals surface area contributed by atoms with Gasteiger partial charge in [-0.3, -0.25) is 9.69 Å². The van der Waals surface area contributed by atoms with Gasteiger partial charge in [-0.1, -0.05) is 41.1 Å². The van der Waals surface area contributed by atoms with Gasteiger partial charge in [0, 0.05) is 23.3 Å². The highest BCUT2D eigenvalue weighted by atomic mass is 35.5. The topological polar surface area (TPSA) is 50.5 Å². The van der Waals surface area contributed by atoms with Crippen molar-refractivity contribution in [3.8, 4) is 0 Å². The molecule has 0 saturated heterocycles. The van der Waals surface area contributed by atoms with Crippen LogP contribution >= 0.6 is 22.9 Å². The molecule has 0 atom stereocenters. The van der Waals surface area contributed by atoms with Crippen LogP contribution in [0, 0.1) is 6.92 Å².